The van der Waals surface area contributed by atoms with E-state index < -0.39 is 0 Å². The van der Waals surface area contributed by atoms with Gasteiger partial charge in [-0.1, -0.05) is 12.1 Å². The molecule has 0 atom stereocenters. The Balaban J connectivity index is 2.02. The SMILES string of the molecule is COc1cccc(C=NNC(=O)c2ccc(OC)c(I)c2)c1. The molecule has 0 saturated carbocycles. The fourth-order valence-corrected chi connectivity index (χ4v) is 2.49. The summed E-state index contributed by atoms with van der Waals surface area (Å²) in [7, 11) is 3.19. The first-order valence-electron chi connectivity index (χ1n) is 6.45. The standard InChI is InChI=1S/C16H15IN2O3/c1-21-13-5-3-4-11(8-13)10-18-19-16(20)12-6-7-15(22-2)14(17)9-12/h3-10H,1-2H3,(H,19,20). The largest absolute Gasteiger partial charge is 0.497 e. The summed E-state index contributed by atoms with van der Waals surface area (Å²) in [5.74, 6) is 1.19. The van der Waals surface area contributed by atoms with Gasteiger partial charge in [-0.2, -0.15) is 5.10 Å². The van der Waals surface area contributed by atoms with E-state index in [-0.39, 0.29) is 5.91 Å². The van der Waals surface area contributed by atoms with Gasteiger partial charge in [0, 0.05) is 5.56 Å². The highest BCUT2D eigenvalue weighted by molar-refractivity contribution is 14.1. The van der Waals surface area contributed by atoms with Gasteiger partial charge in [-0.3, -0.25) is 4.79 Å². The molecule has 1 N–H and O–H groups in total. The van der Waals surface area contributed by atoms with Crippen molar-refractivity contribution in [1.29, 1.82) is 0 Å². The lowest BCUT2D eigenvalue weighted by molar-refractivity contribution is 0.0955. The maximum absolute atomic E-state index is 12.0. The van der Waals surface area contributed by atoms with Crippen LogP contribution in [0.15, 0.2) is 47.6 Å². The first kappa shape index (κ1) is 16.3. The molecule has 0 heterocycles. The van der Waals surface area contributed by atoms with Gasteiger partial charge in [0.1, 0.15) is 11.5 Å². The number of halogens is 1. The minimum absolute atomic E-state index is 0.278. The summed E-state index contributed by atoms with van der Waals surface area (Å²) in [6, 6.07) is 12.6. The second kappa shape index (κ2) is 7.79. The Kier molecular flexibility index (Phi) is 5.76. The summed E-state index contributed by atoms with van der Waals surface area (Å²) in [6.07, 6.45) is 1.56. The molecule has 2 aromatic rings. The molecule has 0 aliphatic rings. The van der Waals surface area contributed by atoms with Crippen LogP contribution in [0, 0.1) is 3.57 Å². The highest BCUT2D eigenvalue weighted by atomic mass is 127. The highest BCUT2D eigenvalue weighted by Crippen LogP contribution is 2.21. The van der Waals surface area contributed by atoms with Crippen molar-refractivity contribution in [2.75, 3.05) is 14.2 Å². The van der Waals surface area contributed by atoms with Gasteiger partial charge in [0.2, 0.25) is 0 Å². The molecule has 2 rings (SSSR count). The van der Waals surface area contributed by atoms with Crippen molar-refractivity contribution in [3.8, 4) is 11.5 Å². The molecule has 1 amide bonds. The fraction of sp³-hybridized carbons (Fsp3) is 0.125. The molecule has 0 fully saturated rings. The first-order chi connectivity index (χ1) is 10.6. The number of methoxy groups -OCH3 is 2. The average molecular weight is 410 g/mol. The van der Waals surface area contributed by atoms with Gasteiger partial charge >= 0.3 is 0 Å². The number of carbonyl (C=O) groups excluding carboxylic acids is 1. The molecule has 114 valence electrons. The van der Waals surface area contributed by atoms with Gasteiger partial charge in [-0.05, 0) is 58.5 Å². The topological polar surface area (TPSA) is 59.9 Å². The lowest BCUT2D eigenvalue weighted by Crippen LogP contribution is -2.17. The van der Waals surface area contributed by atoms with Crippen molar-refractivity contribution in [3.63, 3.8) is 0 Å². The molecule has 0 radical (unpaired) electrons. The number of hydrogen-bond acceptors (Lipinski definition) is 4. The number of hydrogen-bond donors (Lipinski definition) is 1. The van der Waals surface area contributed by atoms with E-state index in [0.717, 1.165) is 20.6 Å². The Labute approximate surface area is 142 Å². The normalized spacial score (nSPS) is 10.5. The van der Waals surface area contributed by atoms with Crippen molar-refractivity contribution in [3.05, 3.63) is 57.2 Å². The Morgan fingerprint density at radius 3 is 2.68 bits per heavy atom. The molecule has 0 saturated heterocycles. The fourth-order valence-electron chi connectivity index (χ4n) is 1.76. The second-order valence-corrected chi connectivity index (χ2v) is 5.49. The summed E-state index contributed by atoms with van der Waals surface area (Å²) in [5.41, 5.74) is 3.85. The number of carbonyl (C=O) groups is 1. The molecular weight excluding hydrogens is 395 g/mol. The number of benzene rings is 2. The van der Waals surface area contributed by atoms with Crippen LogP contribution in [0.3, 0.4) is 0 Å². The molecule has 0 aliphatic heterocycles. The summed E-state index contributed by atoms with van der Waals surface area (Å²) >= 11 is 2.12. The van der Waals surface area contributed by atoms with Gasteiger partial charge in [0.15, 0.2) is 0 Å². The predicted molar refractivity (Wildman–Crippen MR) is 93.8 cm³/mol. The van der Waals surface area contributed by atoms with Gasteiger partial charge in [-0.25, -0.2) is 5.43 Å². The third-order valence-electron chi connectivity index (χ3n) is 2.89. The number of ether oxygens (including phenoxy) is 2. The van der Waals surface area contributed by atoms with E-state index in [1.807, 2.05) is 24.3 Å². The van der Waals surface area contributed by atoms with Crippen molar-refractivity contribution < 1.29 is 14.3 Å². The van der Waals surface area contributed by atoms with E-state index in [4.69, 9.17) is 9.47 Å². The first-order valence-corrected chi connectivity index (χ1v) is 7.53. The molecule has 22 heavy (non-hydrogen) atoms. The minimum atomic E-state index is -0.278. The van der Waals surface area contributed by atoms with Crippen molar-refractivity contribution in [1.82, 2.24) is 5.43 Å². The third-order valence-corrected chi connectivity index (χ3v) is 3.73. The monoisotopic (exact) mass is 410 g/mol. The quantitative estimate of drug-likeness (QED) is 0.468. The van der Waals surface area contributed by atoms with Crippen molar-refractivity contribution >= 4 is 34.7 Å². The van der Waals surface area contributed by atoms with E-state index in [9.17, 15) is 4.79 Å². The van der Waals surface area contributed by atoms with E-state index in [2.05, 4.69) is 33.1 Å². The maximum Gasteiger partial charge on any atom is 0.271 e. The predicted octanol–water partition coefficient (Wildman–Crippen LogP) is 3.07. The zero-order valence-corrected chi connectivity index (χ0v) is 14.3. The summed E-state index contributed by atoms with van der Waals surface area (Å²) in [6.45, 7) is 0. The van der Waals surface area contributed by atoms with Crippen LogP contribution in [0.4, 0.5) is 0 Å². The maximum atomic E-state index is 12.0. The van der Waals surface area contributed by atoms with Gasteiger partial charge in [0.25, 0.3) is 5.91 Å². The zero-order valence-electron chi connectivity index (χ0n) is 12.2. The molecule has 6 heteroatoms. The lowest BCUT2D eigenvalue weighted by Gasteiger charge is -2.05. The molecule has 0 aromatic heterocycles. The van der Waals surface area contributed by atoms with Gasteiger partial charge in [0.05, 0.1) is 24.0 Å². The lowest BCUT2D eigenvalue weighted by atomic mass is 10.2. The van der Waals surface area contributed by atoms with Crippen molar-refractivity contribution in [2.24, 2.45) is 5.10 Å². The molecule has 0 spiro atoms. The number of amides is 1. The number of rotatable bonds is 5. The van der Waals surface area contributed by atoms with E-state index in [0.29, 0.717) is 5.56 Å². The van der Waals surface area contributed by atoms with E-state index >= 15 is 0 Å². The van der Waals surface area contributed by atoms with Crippen LogP contribution in [0.2, 0.25) is 0 Å². The Hall–Kier alpha value is -2.09. The van der Waals surface area contributed by atoms with Crippen molar-refractivity contribution in [2.45, 2.75) is 0 Å². The molecule has 0 aliphatic carbocycles. The molecule has 5 nitrogen and oxygen atoms in total. The second-order valence-electron chi connectivity index (χ2n) is 4.33. The third kappa shape index (κ3) is 4.20. The summed E-state index contributed by atoms with van der Waals surface area (Å²) in [5, 5.41) is 3.95. The summed E-state index contributed by atoms with van der Waals surface area (Å²) < 4.78 is 11.2. The van der Waals surface area contributed by atoms with E-state index in [1.54, 1.807) is 38.6 Å². The van der Waals surface area contributed by atoms with Crippen LogP contribution < -0.4 is 14.9 Å². The molecular formula is C16H15IN2O3. The Morgan fingerprint density at radius 1 is 1.18 bits per heavy atom. The van der Waals surface area contributed by atoms with Crippen LogP contribution in [-0.2, 0) is 0 Å². The van der Waals surface area contributed by atoms with Crippen LogP contribution in [-0.4, -0.2) is 26.3 Å². The average Bonchev–Trinajstić information content (AvgIpc) is 2.54. The summed E-state index contributed by atoms with van der Waals surface area (Å²) in [4.78, 5) is 12.0. The van der Waals surface area contributed by atoms with Crippen LogP contribution >= 0.6 is 22.6 Å². The highest BCUT2D eigenvalue weighted by Gasteiger charge is 2.07. The van der Waals surface area contributed by atoms with Crippen LogP contribution in [0.5, 0.6) is 11.5 Å². The number of nitrogens with one attached hydrogen (secondary N) is 1. The van der Waals surface area contributed by atoms with Gasteiger partial charge in [-0.15, -0.1) is 0 Å². The van der Waals surface area contributed by atoms with E-state index in [1.165, 1.54) is 0 Å². The van der Waals surface area contributed by atoms with Crippen LogP contribution in [0.1, 0.15) is 15.9 Å². The number of nitrogens with zero attached hydrogens (tertiary/aromatic N) is 1. The molecule has 0 bridgehead atoms. The molecule has 0 unspecified atom stereocenters. The van der Waals surface area contributed by atoms with Crippen LogP contribution in [0.25, 0.3) is 0 Å². The zero-order chi connectivity index (χ0) is 15.9. The Morgan fingerprint density at radius 2 is 2.00 bits per heavy atom. The minimum Gasteiger partial charge on any atom is -0.497 e. The number of hydrazone groups is 1. The van der Waals surface area contributed by atoms with Gasteiger partial charge < -0.3 is 9.47 Å². The molecule has 2 aromatic carbocycles. The smallest absolute Gasteiger partial charge is 0.271 e. The Bertz CT molecular complexity index is 702.